The van der Waals surface area contributed by atoms with E-state index in [0.29, 0.717) is 12.2 Å². The summed E-state index contributed by atoms with van der Waals surface area (Å²) in [6.45, 7) is 5.65. The number of fused-ring (bicyclic) bond motifs is 2. The van der Waals surface area contributed by atoms with Crippen LogP contribution < -0.4 is 4.90 Å². The molecule has 0 N–H and O–H groups in total. The number of hydrogen-bond acceptors (Lipinski definition) is 5. The average molecular weight is 429 g/mol. The van der Waals surface area contributed by atoms with Gasteiger partial charge >= 0.3 is 5.97 Å². The van der Waals surface area contributed by atoms with Gasteiger partial charge in [0.1, 0.15) is 5.56 Å². The molecule has 0 amide bonds. The molecule has 4 rings (SSSR count). The molecule has 0 unspecified atom stereocenters. The van der Waals surface area contributed by atoms with E-state index in [1.54, 1.807) is 10.9 Å². The van der Waals surface area contributed by atoms with Gasteiger partial charge in [0.05, 0.1) is 23.4 Å². The van der Waals surface area contributed by atoms with E-state index in [-0.39, 0.29) is 5.97 Å². The van der Waals surface area contributed by atoms with Crippen LogP contribution in [-0.4, -0.2) is 33.9 Å². The molecule has 0 saturated carbocycles. The van der Waals surface area contributed by atoms with Crippen LogP contribution in [0, 0.1) is 6.92 Å². The van der Waals surface area contributed by atoms with Gasteiger partial charge < -0.3 is 9.64 Å². The van der Waals surface area contributed by atoms with Crippen molar-refractivity contribution in [3.8, 4) is 0 Å². The second-order valence-corrected chi connectivity index (χ2v) is 7.55. The zero-order valence-corrected chi connectivity index (χ0v) is 17.2. The molecule has 3 aromatic rings. The highest BCUT2D eigenvalue weighted by molar-refractivity contribution is 9.10. The van der Waals surface area contributed by atoms with Gasteiger partial charge in [-0.1, -0.05) is 28.1 Å². The lowest BCUT2D eigenvalue weighted by atomic mass is 9.98. The van der Waals surface area contributed by atoms with Crippen molar-refractivity contribution in [1.29, 1.82) is 0 Å². The van der Waals surface area contributed by atoms with Crippen LogP contribution in [0.5, 0.6) is 0 Å². The molecule has 27 heavy (non-hydrogen) atoms. The van der Waals surface area contributed by atoms with Gasteiger partial charge in [0, 0.05) is 30.8 Å². The molecule has 140 valence electrons. The van der Waals surface area contributed by atoms with Gasteiger partial charge in [-0.2, -0.15) is 5.10 Å². The van der Waals surface area contributed by atoms with Crippen LogP contribution >= 0.6 is 15.9 Å². The summed E-state index contributed by atoms with van der Waals surface area (Å²) in [7, 11) is 1.87. The van der Waals surface area contributed by atoms with Crippen molar-refractivity contribution in [2.24, 2.45) is 7.05 Å². The molecule has 1 aliphatic rings. The molecule has 1 aromatic carbocycles. The Bertz CT molecular complexity index is 1040. The number of anilines is 1. The third kappa shape index (κ3) is 3.00. The quantitative estimate of drug-likeness (QED) is 0.594. The Hall–Kier alpha value is -2.41. The molecule has 2 aromatic heterocycles. The maximum Gasteiger partial charge on any atom is 0.341 e. The van der Waals surface area contributed by atoms with Crippen LogP contribution in [0.4, 0.5) is 5.69 Å². The zero-order valence-electron chi connectivity index (χ0n) is 15.6. The van der Waals surface area contributed by atoms with E-state index in [0.717, 1.165) is 46.4 Å². The Kier molecular flexibility index (Phi) is 4.63. The van der Waals surface area contributed by atoms with Gasteiger partial charge in [0.15, 0.2) is 5.65 Å². The summed E-state index contributed by atoms with van der Waals surface area (Å²) in [5.41, 5.74) is 5.60. The minimum atomic E-state index is -0.342. The fraction of sp³-hybridized carbons (Fsp3) is 0.350. The fourth-order valence-corrected chi connectivity index (χ4v) is 4.44. The Morgan fingerprint density at radius 1 is 1.37 bits per heavy atom. The van der Waals surface area contributed by atoms with Crippen molar-refractivity contribution in [3.63, 3.8) is 0 Å². The minimum Gasteiger partial charge on any atom is -0.462 e. The first kappa shape index (κ1) is 18.0. The lowest BCUT2D eigenvalue weighted by molar-refractivity contribution is 0.0526. The zero-order chi connectivity index (χ0) is 19.1. The summed E-state index contributed by atoms with van der Waals surface area (Å²) in [6.07, 6.45) is 2.52. The van der Waals surface area contributed by atoms with E-state index in [2.05, 4.69) is 49.1 Å². The van der Waals surface area contributed by atoms with Crippen LogP contribution in [0.2, 0.25) is 0 Å². The van der Waals surface area contributed by atoms with E-state index in [1.165, 1.54) is 11.1 Å². The molecule has 0 saturated heterocycles. The molecule has 0 fully saturated rings. The van der Waals surface area contributed by atoms with Gasteiger partial charge in [0.25, 0.3) is 0 Å². The summed E-state index contributed by atoms with van der Waals surface area (Å²) in [6, 6.07) is 6.27. The van der Waals surface area contributed by atoms with E-state index in [4.69, 9.17) is 4.74 Å². The summed E-state index contributed by atoms with van der Waals surface area (Å²) in [5.74, 6) is -0.342. The highest BCUT2D eigenvalue weighted by Crippen LogP contribution is 2.36. The maximum absolute atomic E-state index is 12.6. The number of halogens is 1. The van der Waals surface area contributed by atoms with Gasteiger partial charge in [-0.15, -0.1) is 0 Å². The first-order chi connectivity index (χ1) is 13.0. The second-order valence-electron chi connectivity index (χ2n) is 6.70. The molecular weight excluding hydrogens is 408 g/mol. The number of esters is 1. The number of aromatic nitrogens is 3. The predicted octanol–water partition coefficient (Wildman–Crippen LogP) is 3.78. The molecule has 6 nitrogen and oxygen atoms in total. The van der Waals surface area contributed by atoms with Crippen molar-refractivity contribution >= 4 is 38.6 Å². The molecule has 0 bridgehead atoms. The van der Waals surface area contributed by atoms with Gasteiger partial charge in [-0.05, 0) is 37.5 Å². The fourth-order valence-electron chi connectivity index (χ4n) is 3.83. The van der Waals surface area contributed by atoms with E-state index < -0.39 is 0 Å². The first-order valence-corrected chi connectivity index (χ1v) is 9.81. The van der Waals surface area contributed by atoms with Crippen LogP contribution in [0.1, 0.15) is 34.1 Å². The Morgan fingerprint density at radius 2 is 2.19 bits per heavy atom. The number of benzene rings is 1. The highest BCUT2D eigenvalue weighted by Gasteiger charge is 2.27. The van der Waals surface area contributed by atoms with Crippen molar-refractivity contribution in [2.75, 3.05) is 18.1 Å². The number of carbonyl (C=O) groups is 1. The molecule has 0 radical (unpaired) electrons. The monoisotopic (exact) mass is 428 g/mol. The largest absolute Gasteiger partial charge is 0.462 e. The summed E-state index contributed by atoms with van der Waals surface area (Å²) in [4.78, 5) is 19.4. The number of aryl methyl sites for hydroxylation is 2. The Balaban J connectivity index is 1.89. The highest BCUT2D eigenvalue weighted by atomic mass is 79.9. The number of nitrogens with zero attached hydrogens (tertiary/aromatic N) is 4. The third-order valence-corrected chi connectivity index (χ3v) is 5.76. The number of pyridine rings is 1. The summed E-state index contributed by atoms with van der Waals surface area (Å²) >= 11 is 3.66. The molecule has 0 aliphatic carbocycles. The lowest BCUT2D eigenvalue weighted by Gasteiger charge is -2.32. The Morgan fingerprint density at radius 3 is 2.96 bits per heavy atom. The topological polar surface area (TPSA) is 60.2 Å². The minimum absolute atomic E-state index is 0.331. The molecule has 0 atom stereocenters. The maximum atomic E-state index is 12.6. The normalized spacial score (nSPS) is 13.7. The van der Waals surface area contributed by atoms with Crippen molar-refractivity contribution in [2.45, 2.75) is 26.8 Å². The van der Waals surface area contributed by atoms with Crippen molar-refractivity contribution in [1.82, 2.24) is 14.8 Å². The molecule has 0 spiro atoms. The molecule has 1 aliphatic heterocycles. The van der Waals surface area contributed by atoms with Crippen LogP contribution in [0.3, 0.4) is 0 Å². The predicted molar refractivity (Wildman–Crippen MR) is 108 cm³/mol. The first-order valence-electron chi connectivity index (χ1n) is 9.02. The number of hydrogen-bond donors (Lipinski definition) is 0. The summed E-state index contributed by atoms with van der Waals surface area (Å²) < 4.78 is 8.21. The number of carbonyl (C=O) groups excluding carboxylic acids is 1. The van der Waals surface area contributed by atoms with E-state index in [1.807, 2.05) is 20.9 Å². The van der Waals surface area contributed by atoms with E-state index in [9.17, 15) is 4.79 Å². The number of ether oxygens (including phenoxy) is 1. The van der Waals surface area contributed by atoms with Crippen LogP contribution in [0.25, 0.3) is 11.0 Å². The Labute approximate surface area is 166 Å². The second kappa shape index (κ2) is 6.96. The average Bonchev–Trinajstić information content (AvgIpc) is 2.95. The summed E-state index contributed by atoms with van der Waals surface area (Å²) in [5, 5.41) is 5.44. The third-order valence-electron chi connectivity index (χ3n) is 5.02. The van der Waals surface area contributed by atoms with Crippen molar-refractivity contribution in [3.05, 3.63) is 51.3 Å². The van der Waals surface area contributed by atoms with E-state index >= 15 is 0 Å². The number of rotatable bonds is 3. The van der Waals surface area contributed by atoms with Gasteiger partial charge in [-0.3, -0.25) is 4.68 Å². The molecular formula is C20H21BrN4O2. The van der Waals surface area contributed by atoms with Crippen LogP contribution in [-0.2, 0) is 24.8 Å². The SMILES string of the molecule is CCOC(=O)c1cnc2c(c(C)nn2C)c1N1CCc2c(Br)cccc2C1. The van der Waals surface area contributed by atoms with Gasteiger partial charge in [0.2, 0.25) is 0 Å². The molecule has 7 heteroatoms. The smallest absolute Gasteiger partial charge is 0.341 e. The van der Waals surface area contributed by atoms with Crippen LogP contribution in [0.15, 0.2) is 28.9 Å². The van der Waals surface area contributed by atoms with Crippen molar-refractivity contribution < 1.29 is 9.53 Å². The standard InChI is InChI=1S/C20H21BrN4O2/c1-4-27-20(26)15-10-22-19-17(12(2)23-24(19)3)18(15)25-9-8-14-13(11-25)6-5-7-16(14)21/h5-7,10H,4,8-9,11H2,1-3H3. The lowest BCUT2D eigenvalue weighted by Crippen LogP contribution is -2.32. The molecule has 3 heterocycles. The van der Waals surface area contributed by atoms with Gasteiger partial charge in [-0.25, -0.2) is 9.78 Å².